The molecule has 11 nitrogen and oxygen atoms in total. The number of aryl methyl sites for hydroxylation is 1. The molecule has 1 amide bonds. The Bertz CT molecular complexity index is 1950. The van der Waals surface area contributed by atoms with E-state index in [1.165, 1.54) is 26.4 Å². The van der Waals surface area contributed by atoms with Gasteiger partial charge in [-0.2, -0.15) is 0 Å². The first-order valence-corrected chi connectivity index (χ1v) is 13.6. The maximum absolute atomic E-state index is 13.5. The van der Waals surface area contributed by atoms with Crippen LogP contribution in [0.5, 0.6) is 11.5 Å². The largest absolute Gasteiger partial charge is 0.454 e. The van der Waals surface area contributed by atoms with Gasteiger partial charge in [0.2, 0.25) is 12.7 Å². The van der Waals surface area contributed by atoms with Crippen LogP contribution in [-0.2, 0) is 24.4 Å². The van der Waals surface area contributed by atoms with Gasteiger partial charge in [-0.25, -0.2) is 9.78 Å². The lowest BCUT2D eigenvalue weighted by atomic mass is 10.2. The average molecular weight is 560 g/mol. The standard InChI is InChI=1S/C28H25N5O6S/c1-17-4-2-5-23-30-19(13-25(35)33(17)23)15-32-20-9-11-40-26(20)27(36)31(28(32)37)10-3-6-24(34)29-14-18-7-8-21-22(12-18)39-16-38-21/h2,4-5,7-9,11-13H,3,6,10,14-16H2,1H3,(H,29,34). The molecule has 0 unspecified atom stereocenters. The van der Waals surface area contributed by atoms with Crippen LogP contribution in [0.3, 0.4) is 0 Å². The summed E-state index contributed by atoms with van der Waals surface area (Å²) in [5.41, 5.74) is 1.87. The van der Waals surface area contributed by atoms with E-state index >= 15 is 0 Å². The van der Waals surface area contributed by atoms with E-state index < -0.39 is 11.2 Å². The van der Waals surface area contributed by atoms with E-state index in [0.29, 0.717) is 46.0 Å². The van der Waals surface area contributed by atoms with Crippen LogP contribution in [-0.4, -0.2) is 31.2 Å². The van der Waals surface area contributed by atoms with Crippen LogP contribution in [0.4, 0.5) is 0 Å². The lowest BCUT2D eigenvalue weighted by Crippen LogP contribution is -2.40. The van der Waals surface area contributed by atoms with Gasteiger partial charge >= 0.3 is 5.69 Å². The first-order chi connectivity index (χ1) is 19.4. The van der Waals surface area contributed by atoms with Crippen LogP contribution in [0, 0.1) is 6.92 Å². The first kappa shape index (κ1) is 25.6. The number of rotatable bonds is 8. The topological polar surface area (TPSA) is 126 Å². The zero-order valence-corrected chi connectivity index (χ0v) is 22.4. The molecule has 0 spiro atoms. The van der Waals surface area contributed by atoms with Gasteiger partial charge in [-0.3, -0.25) is 27.9 Å². The van der Waals surface area contributed by atoms with Crippen molar-refractivity contribution in [3.05, 3.63) is 102 Å². The molecule has 1 aliphatic heterocycles. The second-order valence-electron chi connectivity index (χ2n) is 9.47. The van der Waals surface area contributed by atoms with E-state index in [-0.39, 0.29) is 37.8 Å². The lowest BCUT2D eigenvalue weighted by Gasteiger charge is -2.13. The van der Waals surface area contributed by atoms with Gasteiger partial charge in [-0.05, 0) is 54.6 Å². The van der Waals surface area contributed by atoms with Crippen molar-refractivity contribution in [3.63, 3.8) is 0 Å². The molecular formula is C28H25N5O6S. The number of fused-ring (bicyclic) bond motifs is 3. The Morgan fingerprint density at radius 2 is 1.90 bits per heavy atom. The van der Waals surface area contributed by atoms with Crippen LogP contribution in [0.15, 0.2) is 68.3 Å². The van der Waals surface area contributed by atoms with Gasteiger partial charge in [0.15, 0.2) is 11.5 Å². The number of nitrogens with zero attached hydrogens (tertiary/aromatic N) is 4. The summed E-state index contributed by atoms with van der Waals surface area (Å²) in [4.78, 5) is 56.4. The quantitative estimate of drug-likeness (QED) is 0.309. The number of hydrogen-bond donors (Lipinski definition) is 1. The minimum atomic E-state index is -0.511. The van der Waals surface area contributed by atoms with E-state index in [2.05, 4.69) is 10.3 Å². The molecule has 0 saturated heterocycles. The Hall–Kier alpha value is -4.71. The molecule has 0 bridgehead atoms. The molecule has 0 atom stereocenters. The number of amides is 1. The Morgan fingerprint density at radius 3 is 2.77 bits per heavy atom. The second kappa shape index (κ2) is 10.5. The third-order valence-electron chi connectivity index (χ3n) is 6.80. The summed E-state index contributed by atoms with van der Waals surface area (Å²) in [6, 6.07) is 14.0. The number of benzene rings is 1. The molecule has 5 heterocycles. The molecule has 204 valence electrons. The van der Waals surface area contributed by atoms with Gasteiger partial charge in [0, 0.05) is 31.3 Å². The molecule has 6 rings (SSSR count). The van der Waals surface area contributed by atoms with Gasteiger partial charge in [-0.1, -0.05) is 12.1 Å². The van der Waals surface area contributed by atoms with Gasteiger partial charge in [0.05, 0.1) is 17.8 Å². The smallest absolute Gasteiger partial charge is 0.331 e. The average Bonchev–Trinajstić information content (AvgIpc) is 3.61. The molecule has 1 aliphatic rings. The van der Waals surface area contributed by atoms with E-state index in [9.17, 15) is 19.2 Å². The highest BCUT2D eigenvalue weighted by Crippen LogP contribution is 2.32. The molecule has 0 saturated carbocycles. The number of pyridine rings is 1. The van der Waals surface area contributed by atoms with Crippen molar-refractivity contribution in [2.75, 3.05) is 6.79 Å². The predicted molar refractivity (Wildman–Crippen MR) is 149 cm³/mol. The highest BCUT2D eigenvalue weighted by Gasteiger charge is 2.17. The maximum Gasteiger partial charge on any atom is 0.331 e. The summed E-state index contributed by atoms with van der Waals surface area (Å²) in [6.07, 6.45) is 0.440. The van der Waals surface area contributed by atoms with Crippen molar-refractivity contribution < 1.29 is 14.3 Å². The molecule has 1 aromatic carbocycles. The molecular weight excluding hydrogens is 534 g/mol. The predicted octanol–water partition coefficient (Wildman–Crippen LogP) is 2.41. The van der Waals surface area contributed by atoms with Crippen molar-refractivity contribution in [1.29, 1.82) is 0 Å². The lowest BCUT2D eigenvalue weighted by molar-refractivity contribution is -0.121. The van der Waals surface area contributed by atoms with Gasteiger partial charge in [0.25, 0.3) is 11.1 Å². The van der Waals surface area contributed by atoms with Crippen LogP contribution in [0.2, 0.25) is 0 Å². The number of aromatic nitrogens is 4. The van der Waals surface area contributed by atoms with Crippen molar-refractivity contribution in [1.82, 2.24) is 23.8 Å². The molecule has 0 radical (unpaired) electrons. The molecule has 1 N–H and O–H groups in total. The summed E-state index contributed by atoms with van der Waals surface area (Å²) >= 11 is 1.25. The van der Waals surface area contributed by atoms with E-state index in [1.807, 2.05) is 31.2 Å². The molecule has 12 heteroatoms. The number of thiophene rings is 1. The SMILES string of the molecule is Cc1cccc2nc(Cn3c(=O)n(CCCC(=O)NCc4ccc5c(c4)OCO5)c(=O)c4sccc43)cc(=O)n12. The maximum atomic E-state index is 13.5. The van der Waals surface area contributed by atoms with Gasteiger partial charge in [0.1, 0.15) is 10.3 Å². The van der Waals surface area contributed by atoms with Crippen LogP contribution >= 0.6 is 11.3 Å². The molecule has 0 fully saturated rings. The Kier molecular flexibility index (Phi) is 6.68. The van der Waals surface area contributed by atoms with E-state index in [0.717, 1.165) is 15.8 Å². The van der Waals surface area contributed by atoms with Crippen molar-refractivity contribution in [3.8, 4) is 11.5 Å². The van der Waals surface area contributed by atoms with Crippen LogP contribution in [0.1, 0.15) is 29.8 Å². The van der Waals surface area contributed by atoms with Crippen molar-refractivity contribution in [2.24, 2.45) is 0 Å². The summed E-state index contributed by atoms with van der Waals surface area (Å²) in [7, 11) is 0. The van der Waals surface area contributed by atoms with E-state index in [4.69, 9.17) is 9.47 Å². The highest BCUT2D eigenvalue weighted by molar-refractivity contribution is 7.17. The van der Waals surface area contributed by atoms with Crippen LogP contribution < -0.4 is 31.6 Å². The summed E-state index contributed by atoms with van der Waals surface area (Å²) in [5.74, 6) is 1.12. The Labute approximate surface area is 230 Å². The molecule has 40 heavy (non-hydrogen) atoms. The third-order valence-corrected chi connectivity index (χ3v) is 7.69. The zero-order chi connectivity index (χ0) is 27.8. The minimum absolute atomic E-state index is 0.0298. The Balaban J connectivity index is 1.19. The monoisotopic (exact) mass is 559 g/mol. The van der Waals surface area contributed by atoms with E-state index in [1.54, 1.807) is 23.6 Å². The number of ether oxygens (including phenoxy) is 2. The van der Waals surface area contributed by atoms with Crippen molar-refractivity contribution in [2.45, 2.75) is 39.4 Å². The molecule has 4 aromatic heterocycles. The summed E-state index contributed by atoms with van der Waals surface area (Å²) in [6.45, 7) is 2.43. The van der Waals surface area contributed by atoms with Crippen molar-refractivity contribution >= 4 is 33.1 Å². The van der Waals surface area contributed by atoms with Gasteiger partial charge < -0.3 is 14.8 Å². The highest BCUT2D eigenvalue weighted by atomic mass is 32.1. The van der Waals surface area contributed by atoms with Gasteiger partial charge in [-0.15, -0.1) is 11.3 Å². The summed E-state index contributed by atoms with van der Waals surface area (Å²) < 4.78 is 15.2. The molecule has 5 aromatic rings. The fraction of sp³-hybridized carbons (Fsp3) is 0.250. The number of hydrogen-bond acceptors (Lipinski definition) is 8. The normalized spacial score (nSPS) is 12.3. The van der Waals surface area contributed by atoms with Crippen LogP contribution in [0.25, 0.3) is 15.9 Å². The minimum Gasteiger partial charge on any atom is -0.454 e. The number of carbonyl (C=O) groups is 1. The molecule has 0 aliphatic carbocycles. The zero-order valence-electron chi connectivity index (χ0n) is 21.6. The third kappa shape index (κ3) is 4.77. The Morgan fingerprint density at radius 1 is 1.05 bits per heavy atom. The first-order valence-electron chi connectivity index (χ1n) is 12.7. The fourth-order valence-corrected chi connectivity index (χ4v) is 5.67. The summed E-state index contributed by atoms with van der Waals surface area (Å²) in [5, 5.41) is 4.61. The second-order valence-corrected chi connectivity index (χ2v) is 10.4. The number of carbonyl (C=O) groups excluding carboxylic acids is 1. The number of nitrogens with one attached hydrogen (secondary N) is 1. The fourth-order valence-electron chi connectivity index (χ4n) is 4.83.